The highest BCUT2D eigenvalue weighted by atomic mass is 35.5. The summed E-state index contributed by atoms with van der Waals surface area (Å²) in [6.07, 6.45) is -0.101. The van der Waals surface area contributed by atoms with Crippen molar-refractivity contribution in [2.45, 2.75) is 25.2 Å². The number of nitrogens with one attached hydrogen (secondary N) is 1. The first-order chi connectivity index (χ1) is 12.9. The van der Waals surface area contributed by atoms with Crippen LogP contribution in [0.3, 0.4) is 0 Å². The molecule has 2 N–H and O–H groups in total. The van der Waals surface area contributed by atoms with Crippen molar-refractivity contribution in [3.05, 3.63) is 70.5 Å². The molecule has 0 spiro atoms. The number of hydroxylamine groups is 2. The maximum Gasteiger partial charge on any atom is 0.287 e. The molecule has 0 radical (unpaired) electrons. The Labute approximate surface area is 160 Å². The Morgan fingerprint density at radius 1 is 1.26 bits per heavy atom. The summed E-state index contributed by atoms with van der Waals surface area (Å²) in [6.45, 7) is 0.157. The number of hydrogen-bond acceptors (Lipinski definition) is 4. The van der Waals surface area contributed by atoms with Crippen LogP contribution in [0.5, 0.6) is 0 Å². The lowest BCUT2D eigenvalue weighted by Crippen LogP contribution is -2.52. The summed E-state index contributed by atoms with van der Waals surface area (Å²) >= 11 is 5.77. The molecule has 0 saturated carbocycles. The van der Waals surface area contributed by atoms with Gasteiger partial charge in [0.25, 0.3) is 11.8 Å². The van der Waals surface area contributed by atoms with Crippen LogP contribution in [0.15, 0.2) is 48.5 Å². The lowest BCUT2D eigenvalue weighted by atomic mass is 10.0. The molecule has 0 bridgehead atoms. The van der Waals surface area contributed by atoms with Gasteiger partial charge in [-0.25, -0.2) is 9.45 Å². The summed E-state index contributed by atoms with van der Waals surface area (Å²) in [6, 6.07) is 13.1. The minimum Gasteiger partial charge on any atom is -0.372 e. The third kappa shape index (κ3) is 4.44. The van der Waals surface area contributed by atoms with Crippen LogP contribution in [0.2, 0.25) is 5.02 Å². The molecule has 142 valence electrons. The van der Waals surface area contributed by atoms with Gasteiger partial charge in [0.05, 0.1) is 6.54 Å². The molecule has 2 amide bonds. The van der Waals surface area contributed by atoms with E-state index in [2.05, 4.69) is 5.32 Å². The van der Waals surface area contributed by atoms with Gasteiger partial charge in [-0.2, -0.15) is 0 Å². The van der Waals surface area contributed by atoms with Crippen LogP contribution in [0.1, 0.15) is 17.5 Å². The van der Waals surface area contributed by atoms with Crippen molar-refractivity contribution in [3.63, 3.8) is 0 Å². The number of carbonyl (C=O) groups is 2. The Morgan fingerprint density at radius 3 is 2.70 bits per heavy atom. The molecular formula is C19H18ClFN2O4. The number of rotatable bonds is 6. The molecule has 1 atom stereocenters. The van der Waals surface area contributed by atoms with E-state index in [1.165, 1.54) is 12.1 Å². The van der Waals surface area contributed by atoms with E-state index in [0.717, 1.165) is 16.7 Å². The van der Waals surface area contributed by atoms with Crippen LogP contribution >= 0.6 is 11.6 Å². The van der Waals surface area contributed by atoms with Gasteiger partial charge in [-0.15, -0.1) is 0 Å². The van der Waals surface area contributed by atoms with Crippen molar-refractivity contribution < 1.29 is 23.9 Å². The first kappa shape index (κ1) is 19.3. The SMILES string of the molecule is O=C(NCc1cc(F)cc(Cl)c1)[C@@]1(O)CCN(OCc2ccccc2)C1=O. The molecule has 2 aromatic carbocycles. The van der Waals surface area contributed by atoms with Crippen LogP contribution in [0, 0.1) is 5.82 Å². The van der Waals surface area contributed by atoms with Crippen molar-refractivity contribution >= 4 is 23.4 Å². The lowest BCUT2D eigenvalue weighted by Gasteiger charge is -2.21. The van der Waals surface area contributed by atoms with Gasteiger partial charge >= 0.3 is 0 Å². The van der Waals surface area contributed by atoms with Gasteiger partial charge in [-0.3, -0.25) is 14.4 Å². The number of hydrogen-bond donors (Lipinski definition) is 2. The Balaban J connectivity index is 1.58. The molecule has 1 saturated heterocycles. The van der Waals surface area contributed by atoms with Crippen LogP contribution in [0.4, 0.5) is 4.39 Å². The van der Waals surface area contributed by atoms with E-state index in [1.54, 1.807) is 0 Å². The summed E-state index contributed by atoms with van der Waals surface area (Å²) in [5, 5.41) is 14.1. The fourth-order valence-corrected chi connectivity index (χ4v) is 3.02. The van der Waals surface area contributed by atoms with Crippen LogP contribution in [0.25, 0.3) is 0 Å². The second kappa shape index (κ2) is 8.04. The Kier molecular flexibility index (Phi) is 5.74. The third-order valence-electron chi connectivity index (χ3n) is 4.24. The first-order valence-electron chi connectivity index (χ1n) is 8.33. The highest BCUT2D eigenvalue weighted by Gasteiger charge is 2.52. The topological polar surface area (TPSA) is 78.9 Å². The highest BCUT2D eigenvalue weighted by molar-refractivity contribution is 6.30. The molecule has 0 unspecified atom stereocenters. The van der Waals surface area contributed by atoms with E-state index in [-0.39, 0.29) is 31.1 Å². The number of carbonyl (C=O) groups excluding carboxylic acids is 2. The fourth-order valence-electron chi connectivity index (χ4n) is 2.78. The van der Waals surface area contributed by atoms with Crippen LogP contribution in [-0.2, 0) is 27.6 Å². The highest BCUT2D eigenvalue weighted by Crippen LogP contribution is 2.24. The van der Waals surface area contributed by atoms with Crippen molar-refractivity contribution in [1.82, 2.24) is 10.4 Å². The molecule has 1 aliphatic heterocycles. The minimum atomic E-state index is -2.21. The van der Waals surface area contributed by atoms with E-state index < -0.39 is 23.2 Å². The quantitative estimate of drug-likeness (QED) is 0.739. The summed E-state index contributed by atoms with van der Waals surface area (Å²) in [4.78, 5) is 30.2. The number of benzene rings is 2. The van der Waals surface area contributed by atoms with Gasteiger partial charge in [-0.05, 0) is 29.3 Å². The normalized spacial score (nSPS) is 19.4. The minimum absolute atomic E-state index is 0.0726. The summed E-state index contributed by atoms with van der Waals surface area (Å²) in [5.41, 5.74) is -0.943. The third-order valence-corrected chi connectivity index (χ3v) is 4.46. The molecule has 1 fully saturated rings. The molecule has 27 heavy (non-hydrogen) atoms. The standard InChI is InChI=1S/C19H18ClFN2O4/c20-15-8-14(9-16(21)10-15)11-22-17(24)19(26)6-7-23(18(19)25)27-12-13-4-2-1-3-5-13/h1-5,8-10,26H,6-7,11-12H2,(H,22,24)/t19-/m0/s1. The maximum atomic E-state index is 13.3. The Hall–Kier alpha value is -2.48. The van der Waals surface area contributed by atoms with E-state index in [9.17, 15) is 19.1 Å². The number of amides is 2. The van der Waals surface area contributed by atoms with Crippen molar-refractivity contribution in [2.75, 3.05) is 6.54 Å². The molecule has 6 nitrogen and oxygen atoms in total. The Bertz CT molecular complexity index is 829. The molecule has 1 aliphatic rings. The zero-order valence-corrected chi connectivity index (χ0v) is 15.1. The molecule has 8 heteroatoms. The smallest absolute Gasteiger partial charge is 0.287 e. The van der Waals surface area contributed by atoms with Crippen LogP contribution < -0.4 is 5.32 Å². The first-order valence-corrected chi connectivity index (χ1v) is 8.71. The molecule has 0 aliphatic carbocycles. The maximum absolute atomic E-state index is 13.3. The van der Waals surface area contributed by atoms with E-state index in [0.29, 0.717) is 5.56 Å². The van der Waals surface area contributed by atoms with E-state index >= 15 is 0 Å². The van der Waals surface area contributed by atoms with Crippen molar-refractivity contribution in [3.8, 4) is 0 Å². The second-order valence-corrected chi connectivity index (χ2v) is 6.67. The summed E-state index contributed by atoms with van der Waals surface area (Å²) in [5.74, 6) is -2.23. The second-order valence-electron chi connectivity index (χ2n) is 6.24. The van der Waals surface area contributed by atoms with E-state index in [1.807, 2.05) is 30.3 Å². The predicted molar refractivity (Wildman–Crippen MR) is 95.8 cm³/mol. The van der Waals surface area contributed by atoms with Gasteiger partial charge in [-0.1, -0.05) is 41.9 Å². The molecular weight excluding hydrogens is 375 g/mol. The van der Waals surface area contributed by atoms with E-state index in [4.69, 9.17) is 16.4 Å². The largest absolute Gasteiger partial charge is 0.372 e. The van der Waals surface area contributed by atoms with Gasteiger partial charge in [0, 0.05) is 18.0 Å². The molecule has 0 aromatic heterocycles. The fraction of sp³-hybridized carbons (Fsp3) is 0.263. The molecule has 3 rings (SSSR count). The summed E-state index contributed by atoms with van der Waals surface area (Å²) in [7, 11) is 0. The van der Waals surface area contributed by atoms with Gasteiger partial charge in [0.15, 0.2) is 0 Å². The van der Waals surface area contributed by atoms with Crippen molar-refractivity contribution in [1.29, 1.82) is 0 Å². The van der Waals surface area contributed by atoms with Crippen LogP contribution in [-0.4, -0.2) is 34.1 Å². The van der Waals surface area contributed by atoms with Crippen molar-refractivity contribution in [2.24, 2.45) is 0 Å². The predicted octanol–water partition coefficient (Wildman–Crippen LogP) is 2.19. The number of aliphatic hydroxyl groups is 1. The zero-order chi connectivity index (χ0) is 19.4. The average molecular weight is 393 g/mol. The molecule has 2 aromatic rings. The Morgan fingerprint density at radius 2 is 2.00 bits per heavy atom. The van der Waals surface area contributed by atoms with Gasteiger partial charge in [0.2, 0.25) is 5.60 Å². The monoisotopic (exact) mass is 392 g/mol. The average Bonchev–Trinajstić information content (AvgIpc) is 2.94. The number of nitrogens with zero attached hydrogens (tertiary/aromatic N) is 1. The zero-order valence-electron chi connectivity index (χ0n) is 14.3. The number of halogens is 2. The lowest BCUT2D eigenvalue weighted by molar-refractivity contribution is -0.191. The van der Waals surface area contributed by atoms with Gasteiger partial charge in [0.1, 0.15) is 12.4 Å². The summed E-state index contributed by atoms with van der Waals surface area (Å²) < 4.78 is 13.3. The van der Waals surface area contributed by atoms with Gasteiger partial charge < -0.3 is 10.4 Å². The molecule has 1 heterocycles.